The highest BCUT2D eigenvalue weighted by molar-refractivity contribution is 5.89. The van der Waals surface area contributed by atoms with Gasteiger partial charge in [0.1, 0.15) is 6.54 Å². The lowest BCUT2D eigenvalue weighted by atomic mass is 10.5. The van der Waals surface area contributed by atoms with Gasteiger partial charge in [-0.2, -0.15) is 0 Å². The number of carbonyl (C=O) groups excluding carboxylic acids is 1. The molecule has 17 heavy (non-hydrogen) atoms. The number of carbonyl (C=O) groups is 1. The Morgan fingerprint density at radius 2 is 2.29 bits per heavy atom. The SMILES string of the molecule is CCOC(=O)/N=C1/CN(N2CCOCC2)NO1. The summed E-state index contributed by atoms with van der Waals surface area (Å²) >= 11 is 0. The Labute approximate surface area is 99.0 Å². The van der Waals surface area contributed by atoms with Crippen LogP contribution in [0.3, 0.4) is 0 Å². The summed E-state index contributed by atoms with van der Waals surface area (Å²) in [6.07, 6.45) is -0.631. The van der Waals surface area contributed by atoms with Crippen LogP contribution in [0.5, 0.6) is 0 Å². The molecule has 0 aromatic carbocycles. The fourth-order valence-corrected chi connectivity index (χ4v) is 1.57. The van der Waals surface area contributed by atoms with Gasteiger partial charge in [-0.3, -0.25) is 0 Å². The van der Waals surface area contributed by atoms with Crippen molar-refractivity contribution in [1.29, 1.82) is 0 Å². The molecule has 2 rings (SSSR count). The predicted octanol–water partition coefficient (Wildman–Crippen LogP) is -0.460. The molecule has 0 saturated carbocycles. The average molecular weight is 244 g/mol. The molecule has 0 radical (unpaired) electrons. The molecular weight excluding hydrogens is 228 g/mol. The molecule has 0 aliphatic carbocycles. The number of rotatable bonds is 2. The van der Waals surface area contributed by atoms with E-state index in [0.717, 1.165) is 13.1 Å². The smallest absolute Gasteiger partial charge is 0.436 e. The van der Waals surface area contributed by atoms with Crippen molar-refractivity contribution in [2.24, 2.45) is 4.99 Å². The van der Waals surface area contributed by atoms with Crippen molar-refractivity contribution in [1.82, 2.24) is 15.7 Å². The highest BCUT2D eigenvalue weighted by Crippen LogP contribution is 2.06. The van der Waals surface area contributed by atoms with Gasteiger partial charge in [0, 0.05) is 13.1 Å². The van der Waals surface area contributed by atoms with Gasteiger partial charge in [0.25, 0.3) is 0 Å². The average Bonchev–Trinajstić information content (AvgIpc) is 2.79. The highest BCUT2D eigenvalue weighted by Gasteiger charge is 2.27. The molecule has 1 N–H and O–H groups in total. The fraction of sp³-hybridized carbons (Fsp3) is 0.778. The van der Waals surface area contributed by atoms with E-state index in [9.17, 15) is 4.79 Å². The Hall–Kier alpha value is -1.22. The molecule has 0 aromatic rings. The van der Waals surface area contributed by atoms with Crippen LogP contribution >= 0.6 is 0 Å². The van der Waals surface area contributed by atoms with Crippen LogP contribution in [0.2, 0.25) is 0 Å². The third-order valence-corrected chi connectivity index (χ3v) is 2.37. The molecule has 0 bridgehead atoms. The second kappa shape index (κ2) is 5.92. The van der Waals surface area contributed by atoms with Crippen LogP contribution in [-0.2, 0) is 14.3 Å². The number of nitrogens with zero attached hydrogens (tertiary/aromatic N) is 3. The predicted molar refractivity (Wildman–Crippen MR) is 57.8 cm³/mol. The van der Waals surface area contributed by atoms with Crippen LogP contribution in [0, 0.1) is 0 Å². The lowest BCUT2D eigenvalue weighted by molar-refractivity contribution is -0.144. The monoisotopic (exact) mass is 244 g/mol. The van der Waals surface area contributed by atoms with Gasteiger partial charge >= 0.3 is 6.09 Å². The first kappa shape index (κ1) is 12.2. The van der Waals surface area contributed by atoms with Gasteiger partial charge in [-0.05, 0) is 6.92 Å². The summed E-state index contributed by atoms with van der Waals surface area (Å²) in [5.74, 6) is 0.301. The van der Waals surface area contributed by atoms with E-state index in [4.69, 9.17) is 14.3 Å². The minimum Gasteiger partial charge on any atom is -0.448 e. The van der Waals surface area contributed by atoms with Gasteiger partial charge in [0.15, 0.2) is 0 Å². The van der Waals surface area contributed by atoms with Gasteiger partial charge < -0.3 is 14.3 Å². The number of hydrogen-bond donors (Lipinski definition) is 1. The van der Waals surface area contributed by atoms with Gasteiger partial charge in [0.2, 0.25) is 5.90 Å². The van der Waals surface area contributed by atoms with E-state index in [0.29, 0.717) is 32.3 Å². The molecule has 8 heteroatoms. The van der Waals surface area contributed by atoms with Crippen LogP contribution < -0.4 is 5.59 Å². The first-order valence-corrected chi connectivity index (χ1v) is 5.56. The Balaban J connectivity index is 1.84. The molecule has 0 aromatic heterocycles. The molecule has 1 amide bonds. The summed E-state index contributed by atoms with van der Waals surface area (Å²) in [4.78, 5) is 19.9. The molecule has 0 atom stereocenters. The number of hydrogen-bond acceptors (Lipinski definition) is 7. The Morgan fingerprint density at radius 1 is 1.53 bits per heavy atom. The number of nitrogens with one attached hydrogen (secondary N) is 1. The molecule has 2 aliphatic heterocycles. The minimum atomic E-state index is -0.631. The zero-order valence-corrected chi connectivity index (χ0v) is 9.72. The van der Waals surface area contributed by atoms with Crippen molar-refractivity contribution in [2.45, 2.75) is 6.92 Å². The maximum Gasteiger partial charge on any atom is 0.436 e. The quantitative estimate of drug-likeness (QED) is 0.704. The summed E-state index contributed by atoms with van der Waals surface area (Å²) in [7, 11) is 0. The van der Waals surface area contributed by atoms with Crippen molar-refractivity contribution in [3.8, 4) is 0 Å². The zero-order chi connectivity index (χ0) is 12.1. The van der Waals surface area contributed by atoms with E-state index in [1.807, 2.05) is 5.01 Å². The van der Waals surface area contributed by atoms with Crippen molar-refractivity contribution < 1.29 is 19.1 Å². The third kappa shape index (κ3) is 3.37. The van der Waals surface area contributed by atoms with Gasteiger partial charge in [-0.15, -0.1) is 10.1 Å². The van der Waals surface area contributed by atoms with Crippen molar-refractivity contribution in [3.05, 3.63) is 0 Å². The molecule has 96 valence electrons. The molecular formula is C9H16N4O4. The summed E-state index contributed by atoms with van der Waals surface area (Å²) in [6, 6.07) is 0. The highest BCUT2D eigenvalue weighted by atomic mass is 16.7. The van der Waals surface area contributed by atoms with E-state index in [-0.39, 0.29) is 0 Å². The topological polar surface area (TPSA) is 75.6 Å². The molecule has 2 fully saturated rings. The lowest BCUT2D eigenvalue weighted by Crippen LogP contribution is -2.51. The van der Waals surface area contributed by atoms with E-state index in [2.05, 4.69) is 10.6 Å². The summed E-state index contributed by atoms with van der Waals surface area (Å²) in [5.41, 5.74) is 2.69. The molecule has 8 nitrogen and oxygen atoms in total. The number of morpholine rings is 1. The van der Waals surface area contributed by atoms with E-state index in [1.165, 1.54) is 0 Å². The fourth-order valence-electron chi connectivity index (χ4n) is 1.57. The normalized spacial score (nSPS) is 24.9. The van der Waals surface area contributed by atoms with Crippen molar-refractivity contribution >= 4 is 12.0 Å². The first-order valence-electron chi connectivity index (χ1n) is 5.56. The largest absolute Gasteiger partial charge is 0.448 e. The third-order valence-electron chi connectivity index (χ3n) is 2.37. The molecule has 0 spiro atoms. The molecule has 2 heterocycles. The van der Waals surface area contributed by atoms with Crippen LogP contribution in [0.4, 0.5) is 4.79 Å². The number of ether oxygens (including phenoxy) is 2. The van der Waals surface area contributed by atoms with Crippen LogP contribution in [0.25, 0.3) is 0 Å². The molecule has 2 aliphatic rings. The van der Waals surface area contributed by atoms with Crippen LogP contribution in [0.15, 0.2) is 4.99 Å². The van der Waals surface area contributed by atoms with Crippen molar-refractivity contribution in [2.75, 3.05) is 39.5 Å². The molecule has 2 saturated heterocycles. The second-order valence-electron chi connectivity index (χ2n) is 3.52. The summed E-state index contributed by atoms with van der Waals surface area (Å²) in [6.45, 7) is 5.36. The van der Waals surface area contributed by atoms with Crippen molar-refractivity contribution in [3.63, 3.8) is 0 Å². The Morgan fingerprint density at radius 3 is 3.00 bits per heavy atom. The summed E-state index contributed by atoms with van der Waals surface area (Å²) < 4.78 is 9.94. The minimum absolute atomic E-state index is 0.301. The Kier molecular flexibility index (Phi) is 4.26. The maximum atomic E-state index is 11.1. The number of aliphatic imine (C=N–C) groups is 1. The van der Waals surface area contributed by atoms with Gasteiger partial charge in [0.05, 0.1) is 19.8 Å². The number of hydrazine groups is 2. The second-order valence-corrected chi connectivity index (χ2v) is 3.52. The zero-order valence-electron chi connectivity index (χ0n) is 9.72. The van der Waals surface area contributed by atoms with Crippen LogP contribution in [0.1, 0.15) is 6.92 Å². The van der Waals surface area contributed by atoms with Crippen LogP contribution in [-0.4, -0.2) is 61.6 Å². The standard InChI is InChI=1S/C9H16N4O4/c1-2-16-9(14)10-8-7-13(11-17-8)12-3-5-15-6-4-12/h11H,2-7H2,1H3/b10-8-. The Bertz CT molecular complexity index is 303. The van der Waals surface area contributed by atoms with E-state index < -0.39 is 6.09 Å². The van der Waals surface area contributed by atoms with E-state index in [1.54, 1.807) is 12.0 Å². The van der Waals surface area contributed by atoms with Gasteiger partial charge in [-0.1, -0.05) is 5.59 Å². The maximum absolute atomic E-state index is 11.1. The van der Waals surface area contributed by atoms with Gasteiger partial charge in [-0.25, -0.2) is 9.80 Å². The van der Waals surface area contributed by atoms with E-state index >= 15 is 0 Å². The summed E-state index contributed by atoms with van der Waals surface area (Å²) in [5, 5.41) is 3.80. The first-order chi connectivity index (χ1) is 8.29. The number of amides is 1. The molecule has 0 unspecified atom stereocenters. The lowest BCUT2D eigenvalue weighted by Gasteiger charge is -2.31.